The molecule has 2 aliphatic rings. The van der Waals surface area contributed by atoms with E-state index in [2.05, 4.69) is 10.6 Å². The van der Waals surface area contributed by atoms with Crippen molar-refractivity contribution in [3.63, 3.8) is 0 Å². The summed E-state index contributed by atoms with van der Waals surface area (Å²) in [5, 5.41) is 5.53. The van der Waals surface area contributed by atoms with Crippen LogP contribution in [0.4, 0.5) is 8.78 Å². The molecule has 1 heterocycles. The highest BCUT2D eigenvalue weighted by Gasteiger charge is 2.42. The lowest BCUT2D eigenvalue weighted by molar-refractivity contribution is -0.124. The summed E-state index contributed by atoms with van der Waals surface area (Å²) in [6.07, 6.45) is 7.54. The van der Waals surface area contributed by atoms with E-state index in [1.807, 2.05) is 0 Å². The number of halogens is 3. The molecule has 112 valence electrons. The summed E-state index contributed by atoms with van der Waals surface area (Å²) in [6, 6.07) is -0.542. The van der Waals surface area contributed by atoms with Crippen molar-refractivity contribution in [2.45, 2.75) is 69.4 Å². The summed E-state index contributed by atoms with van der Waals surface area (Å²) < 4.78 is 26.0. The van der Waals surface area contributed by atoms with Crippen LogP contribution in [0.25, 0.3) is 0 Å². The molecular formula is C13H23ClF2N2O. The number of hydrogen-bond acceptors (Lipinski definition) is 2. The van der Waals surface area contributed by atoms with Crippen LogP contribution in [0.15, 0.2) is 0 Å². The maximum atomic E-state index is 13.0. The number of alkyl halides is 2. The van der Waals surface area contributed by atoms with E-state index in [1.165, 1.54) is 19.3 Å². The van der Waals surface area contributed by atoms with Crippen molar-refractivity contribution < 1.29 is 13.6 Å². The van der Waals surface area contributed by atoms with Gasteiger partial charge in [-0.3, -0.25) is 10.1 Å². The Labute approximate surface area is 119 Å². The first kappa shape index (κ1) is 16.6. The molecular weight excluding hydrogens is 274 g/mol. The predicted octanol–water partition coefficient (Wildman–Crippen LogP) is 2.63. The normalized spacial score (nSPS) is 28.0. The van der Waals surface area contributed by atoms with Gasteiger partial charge in [-0.05, 0) is 12.8 Å². The van der Waals surface area contributed by atoms with Gasteiger partial charge in [-0.25, -0.2) is 8.78 Å². The van der Waals surface area contributed by atoms with Crippen LogP contribution < -0.4 is 10.6 Å². The van der Waals surface area contributed by atoms with Gasteiger partial charge in [0.15, 0.2) is 0 Å². The van der Waals surface area contributed by atoms with E-state index in [0.717, 1.165) is 25.7 Å². The van der Waals surface area contributed by atoms with Crippen LogP contribution in [-0.4, -0.2) is 30.5 Å². The maximum Gasteiger partial charge on any atom is 0.262 e. The van der Waals surface area contributed by atoms with Gasteiger partial charge in [0, 0.05) is 12.5 Å². The van der Waals surface area contributed by atoms with Crippen LogP contribution in [0.5, 0.6) is 0 Å². The number of nitrogens with one attached hydrogen (secondary N) is 2. The van der Waals surface area contributed by atoms with Crippen LogP contribution in [-0.2, 0) is 4.79 Å². The lowest BCUT2D eigenvalue weighted by Crippen LogP contribution is -2.45. The average Bonchev–Trinajstić information content (AvgIpc) is 2.62. The van der Waals surface area contributed by atoms with Gasteiger partial charge in [-0.2, -0.15) is 0 Å². The van der Waals surface area contributed by atoms with Crippen molar-refractivity contribution in [1.29, 1.82) is 0 Å². The van der Waals surface area contributed by atoms with Crippen molar-refractivity contribution in [2.24, 2.45) is 0 Å². The Kier molecular flexibility index (Phi) is 6.47. The number of hydrogen-bond donors (Lipinski definition) is 2. The van der Waals surface area contributed by atoms with Gasteiger partial charge >= 0.3 is 0 Å². The first-order valence-corrected chi connectivity index (χ1v) is 6.98. The van der Waals surface area contributed by atoms with Gasteiger partial charge in [0.05, 0.1) is 12.6 Å². The highest BCUT2D eigenvalue weighted by Crippen LogP contribution is 2.25. The SMILES string of the molecule is Cl.O=C(NC1CCCCCCC1)C1CC(F)(F)CN1. The van der Waals surface area contributed by atoms with Crippen LogP contribution in [0, 0.1) is 0 Å². The standard InChI is InChI=1S/C13H22F2N2O.ClH/c14-13(15)8-11(16-9-13)12(18)17-10-6-4-2-1-3-5-7-10;/h10-11,16H,1-9H2,(H,17,18);1H. The third kappa shape index (κ3) is 5.22. The summed E-state index contributed by atoms with van der Waals surface area (Å²) >= 11 is 0. The van der Waals surface area contributed by atoms with E-state index in [1.54, 1.807) is 0 Å². The first-order valence-electron chi connectivity index (χ1n) is 6.98. The van der Waals surface area contributed by atoms with Gasteiger partial charge in [0.1, 0.15) is 0 Å². The summed E-state index contributed by atoms with van der Waals surface area (Å²) in [5.74, 6) is -2.99. The summed E-state index contributed by atoms with van der Waals surface area (Å²) in [7, 11) is 0. The van der Waals surface area contributed by atoms with Crippen LogP contribution in [0.1, 0.15) is 51.4 Å². The fourth-order valence-electron chi connectivity index (χ4n) is 2.80. The van der Waals surface area contributed by atoms with E-state index in [0.29, 0.717) is 0 Å². The Morgan fingerprint density at radius 1 is 1.11 bits per heavy atom. The molecule has 1 aliphatic heterocycles. The number of carbonyl (C=O) groups excluding carboxylic acids is 1. The van der Waals surface area contributed by atoms with Gasteiger partial charge in [-0.15, -0.1) is 12.4 Å². The minimum atomic E-state index is -2.73. The highest BCUT2D eigenvalue weighted by atomic mass is 35.5. The zero-order chi connectivity index (χ0) is 13.0. The molecule has 0 aromatic carbocycles. The molecule has 2 rings (SSSR count). The molecule has 1 atom stereocenters. The molecule has 19 heavy (non-hydrogen) atoms. The van der Waals surface area contributed by atoms with Crippen molar-refractivity contribution in [1.82, 2.24) is 10.6 Å². The van der Waals surface area contributed by atoms with Gasteiger partial charge < -0.3 is 5.32 Å². The first-order chi connectivity index (χ1) is 8.57. The Hall–Kier alpha value is -0.420. The fourth-order valence-corrected chi connectivity index (χ4v) is 2.80. The van der Waals surface area contributed by atoms with Gasteiger partial charge in [0.2, 0.25) is 5.91 Å². The summed E-state index contributed by atoms with van der Waals surface area (Å²) in [4.78, 5) is 11.9. The molecule has 1 amide bonds. The van der Waals surface area contributed by atoms with E-state index < -0.39 is 12.0 Å². The maximum absolute atomic E-state index is 13.0. The second-order valence-electron chi connectivity index (χ2n) is 5.54. The zero-order valence-corrected chi connectivity index (χ0v) is 11.9. The topological polar surface area (TPSA) is 41.1 Å². The van der Waals surface area contributed by atoms with E-state index >= 15 is 0 Å². The van der Waals surface area contributed by atoms with Crippen molar-refractivity contribution in [3.05, 3.63) is 0 Å². The van der Waals surface area contributed by atoms with Crippen LogP contribution in [0.2, 0.25) is 0 Å². The molecule has 0 bridgehead atoms. The smallest absolute Gasteiger partial charge is 0.262 e. The summed E-state index contributed by atoms with van der Waals surface area (Å²) in [5.41, 5.74) is 0. The van der Waals surface area contributed by atoms with E-state index in [-0.39, 0.29) is 37.3 Å². The molecule has 1 unspecified atom stereocenters. The molecule has 2 fully saturated rings. The third-order valence-electron chi connectivity index (χ3n) is 3.88. The van der Waals surface area contributed by atoms with Crippen molar-refractivity contribution in [3.8, 4) is 0 Å². The predicted molar refractivity (Wildman–Crippen MR) is 72.9 cm³/mol. The lowest BCUT2D eigenvalue weighted by atomic mass is 9.96. The molecule has 6 heteroatoms. The zero-order valence-electron chi connectivity index (χ0n) is 11.1. The third-order valence-corrected chi connectivity index (χ3v) is 3.88. The Bertz CT molecular complexity index is 294. The Balaban J connectivity index is 0.00000180. The van der Waals surface area contributed by atoms with Crippen molar-refractivity contribution >= 4 is 18.3 Å². The fraction of sp³-hybridized carbons (Fsp3) is 0.923. The van der Waals surface area contributed by atoms with E-state index in [9.17, 15) is 13.6 Å². The Morgan fingerprint density at radius 2 is 1.68 bits per heavy atom. The molecule has 0 aromatic rings. The second-order valence-corrected chi connectivity index (χ2v) is 5.54. The average molecular weight is 297 g/mol. The minimum Gasteiger partial charge on any atom is -0.352 e. The quantitative estimate of drug-likeness (QED) is 0.822. The van der Waals surface area contributed by atoms with Crippen LogP contribution in [0.3, 0.4) is 0 Å². The van der Waals surface area contributed by atoms with Crippen LogP contribution >= 0.6 is 12.4 Å². The lowest BCUT2D eigenvalue weighted by Gasteiger charge is -2.22. The number of carbonyl (C=O) groups is 1. The number of rotatable bonds is 2. The molecule has 2 N–H and O–H groups in total. The van der Waals surface area contributed by atoms with Crippen molar-refractivity contribution in [2.75, 3.05) is 6.54 Å². The summed E-state index contributed by atoms with van der Waals surface area (Å²) in [6.45, 7) is -0.379. The molecule has 0 aromatic heterocycles. The molecule has 0 radical (unpaired) electrons. The van der Waals surface area contributed by atoms with E-state index in [4.69, 9.17) is 0 Å². The molecule has 0 spiro atoms. The largest absolute Gasteiger partial charge is 0.352 e. The van der Waals surface area contributed by atoms with Gasteiger partial charge in [-0.1, -0.05) is 32.1 Å². The molecule has 1 saturated carbocycles. The second kappa shape index (κ2) is 7.39. The molecule has 1 saturated heterocycles. The van der Waals surface area contributed by atoms with Gasteiger partial charge in [0.25, 0.3) is 5.92 Å². The minimum absolute atomic E-state index is 0. The molecule has 3 nitrogen and oxygen atoms in total. The molecule has 1 aliphatic carbocycles. The highest BCUT2D eigenvalue weighted by molar-refractivity contribution is 5.85. The number of amides is 1. The monoisotopic (exact) mass is 296 g/mol. The Morgan fingerprint density at radius 3 is 2.21 bits per heavy atom.